The molecule has 0 heterocycles. The zero-order valence-corrected chi connectivity index (χ0v) is 8.98. The van der Waals surface area contributed by atoms with Crippen LogP contribution in [0.3, 0.4) is 0 Å². The molecule has 0 aromatic heterocycles. The Morgan fingerprint density at radius 3 is 1.40 bits per heavy atom. The number of anilines is 1. The van der Waals surface area contributed by atoms with E-state index < -0.39 is 0 Å². The second-order valence-electron chi connectivity index (χ2n) is 2.68. The lowest BCUT2D eigenvalue weighted by atomic mass is 10.3. The Balaban J connectivity index is 0.000000253. The summed E-state index contributed by atoms with van der Waals surface area (Å²) in [5, 5.41) is 0.618. The number of para-hydroxylation sites is 1. The van der Waals surface area contributed by atoms with E-state index in [9.17, 15) is 0 Å². The zero-order valence-electron chi connectivity index (χ0n) is 8.23. The van der Waals surface area contributed by atoms with Gasteiger partial charge in [0.2, 0.25) is 0 Å². The smallest absolute Gasteiger partial charge is 0.0635 e. The number of nitrogen functional groups attached to an aromatic ring is 1. The Morgan fingerprint density at radius 1 is 0.733 bits per heavy atom. The molecule has 0 spiro atoms. The van der Waals surface area contributed by atoms with Crippen molar-refractivity contribution in [2.24, 2.45) is 0 Å². The molecule has 15 heavy (non-hydrogen) atoms. The van der Waals surface area contributed by atoms with Crippen LogP contribution in [-0.2, 0) is 0 Å². The summed E-state index contributed by atoms with van der Waals surface area (Å²) in [6.07, 6.45) is 0. The molecule has 3 heteroatoms. The van der Waals surface area contributed by atoms with Crippen LogP contribution in [0.1, 0.15) is 0 Å². The molecule has 0 saturated heterocycles. The largest absolute Gasteiger partial charge is 0.412 e. The number of hydrogen-bond donors (Lipinski definition) is 1. The number of hydrogen-bond acceptors (Lipinski definition) is 1. The van der Waals surface area contributed by atoms with Crippen LogP contribution in [0.25, 0.3) is 0 Å². The van der Waals surface area contributed by atoms with Crippen molar-refractivity contribution in [2.75, 3.05) is 5.73 Å². The van der Waals surface area contributed by atoms with Gasteiger partial charge in [0.25, 0.3) is 0 Å². The molecule has 0 atom stereocenters. The van der Waals surface area contributed by atoms with Crippen LogP contribution in [0.2, 0.25) is 5.02 Å². The minimum atomic E-state index is 0. The topological polar surface area (TPSA) is 57.5 Å². The van der Waals surface area contributed by atoms with Gasteiger partial charge in [0.05, 0.1) is 10.7 Å². The number of nitrogens with two attached hydrogens (primary N) is 1. The van der Waals surface area contributed by atoms with Crippen LogP contribution >= 0.6 is 11.6 Å². The molecule has 0 bridgehead atoms. The predicted molar refractivity (Wildman–Crippen MR) is 65.9 cm³/mol. The highest BCUT2D eigenvalue weighted by Gasteiger charge is 1.87. The maximum Gasteiger partial charge on any atom is 0.0635 e. The first-order chi connectivity index (χ1) is 6.80. The Labute approximate surface area is 94.6 Å². The van der Waals surface area contributed by atoms with Crippen molar-refractivity contribution in [3.8, 4) is 0 Å². The molecule has 0 aliphatic carbocycles. The molecule has 2 rings (SSSR count). The SMILES string of the molecule is Nc1ccccc1Cl.O.c1ccccc1. The molecule has 0 aliphatic heterocycles. The quantitative estimate of drug-likeness (QED) is 0.686. The van der Waals surface area contributed by atoms with Crippen LogP contribution in [0.15, 0.2) is 60.7 Å². The van der Waals surface area contributed by atoms with Gasteiger partial charge in [0, 0.05) is 0 Å². The number of halogens is 1. The van der Waals surface area contributed by atoms with E-state index in [4.69, 9.17) is 17.3 Å². The second kappa shape index (κ2) is 7.85. The van der Waals surface area contributed by atoms with Gasteiger partial charge in [-0.25, -0.2) is 0 Å². The Hall–Kier alpha value is -1.51. The molecular formula is C12H14ClNO. The second-order valence-corrected chi connectivity index (χ2v) is 3.08. The van der Waals surface area contributed by atoms with Gasteiger partial charge in [0.15, 0.2) is 0 Å². The molecule has 4 N–H and O–H groups in total. The maximum atomic E-state index is 5.58. The summed E-state index contributed by atoms with van der Waals surface area (Å²) in [5.74, 6) is 0. The molecule has 2 nitrogen and oxygen atoms in total. The van der Waals surface area contributed by atoms with E-state index in [1.54, 1.807) is 12.1 Å². The molecule has 80 valence electrons. The molecule has 2 aromatic carbocycles. The fourth-order valence-corrected chi connectivity index (χ4v) is 0.996. The molecule has 0 fully saturated rings. The Bertz CT molecular complexity index is 317. The van der Waals surface area contributed by atoms with E-state index in [2.05, 4.69) is 0 Å². The minimum absolute atomic E-state index is 0. The van der Waals surface area contributed by atoms with E-state index in [0.717, 1.165) is 0 Å². The van der Waals surface area contributed by atoms with E-state index in [-0.39, 0.29) is 5.48 Å². The Kier molecular flexibility index (Phi) is 7.06. The molecule has 0 amide bonds. The summed E-state index contributed by atoms with van der Waals surface area (Å²) < 4.78 is 0. The van der Waals surface area contributed by atoms with E-state index in [0.29, 0.717) is 10.7 Å². The van der Waals surface area contributed by atoms with Crippen LogP contribution < -0.4 is 5.73 Å². The highest BCUT2D eigenvalue weighted by Crippen LogP contribution is 2.15. The number of benzene rings is 2. The van der Waals surface area contributed by atoms with Crippen molar-refractivity contribution in [3.63, 3.8) is 0 Å². The van der Waals surface area contributed by atoms with Crippen LogP contribution in [-0.4, -0.2) is 5.48 Å². The van der Waals surface area contributed by atoms with Gasteiger partial charge in [-0.2, -0.15) is 0 Å². The lowest BCUT2D eigenvalue weighted by molar-refractivity contribution is 0.824. The summed E-state index contributed by atoms with van der Waals surface area (Å²) in [7, 11) is 0. The van der Waals surface area contributed by atoms with Crippen LogP contribution in [0, 0.1) is 0 Å². The van der Waals surface area contributed by atoms with Crippen molar-refractivity contribution in [2.45, 2.75) is 0 Å². The van der Waals surface area contributed by atoms with Gasteiger partial charge in [-0.05, 0) is 12.1 Å². The van der Waals surface area contributed by atoms with Crippen molar-refractivity contribution in [1.82, 2.24) is 0 Å². The zero-order chi connectivity index (χ0) is 10.2. The summed E-state index contributed by atoms with van der Waals surface area (Å²) in [6, 6.07) is 19.2. The Morgan fingerprint density at radius 2 is 1.13 bits per heavy atom. The van der Waals surface area contributed by atoms with E-state index >= 15 is 0 Å². The summed E-state index contributed by atoms with van der Waals surface area (Å²) in [5.41, 5.74) is 6.02. The molecule has 0 radical (unpaired) electrons. The third-order valence-electron chi connectivity index (χ3n) is 1.57. The summed E-state index contributed by atoms with van der Waals surface area (Å²) in [6.45, 7) is 0. The van der Waals surface area contributed by atoms with Gasteiger partial charge in [0.1, 0.15) is 0 Å². The monoisotopic (exact) mass is 223 g/mol. The van der Waals surface area contributed by atoms with Gasteiger partial charge in [-0.3, -0.25) is 0 Å². The predicted octanol–water partition coefficient (Wildman–Crippen LogP) is 2.78. The highest BCUT2D eigenvalue weighted by molar-refractivity contribution is 6.33. The normalized spacial score (nSPS) is 8.07. The van der Waals surface area contributed by atoms with Crippen molar-refractivity contribution in [3.05, 3.63) is 65.7 Å². The standard InChI is InChI=1S/C6H6ClN.C6H6.H2O/c7-5-3-1-2-4-6(5)8;1-2-4-6-5-3-1;/h1-4H,8H2;1-6H;1H2. The minimum Gasteiger partial charge on any atom is -0.412 e. The third kappa shape index (κ3) is 5.73. The van der Waals surface area contributed by atoms with Crippen LogP contribution in [0.4, 0.5) is 5.69 Å². The van der Waals surface area contributed by atoms with Crippen molar-refractivity contribution >= 4 is 17.3 Å². The van der Waals surface area contributed by atoms with E-state index in [1.165, 1.54) is 0 Å². The first-order valence-electron chi connectivity index (χ1n) is 4.31. The van der Waals surface area contributed by atoms with Gasteiger partial charge < -0.3 is 11.2 Å². The summed E-state index contributed by atoms with van der Waals surface area (Å²) >= 11 is 5.58. The van der Waals surface area contributed by atoms with Crippen LogP contribution in [0.5, 0.6) is 0 Å². The molecule has 0 unspecified atom stereocenters. The maximum absolute atomic E-state index is 5.58. The average Bonchev–Trinajstić information content (AvgIpc) is 2.26. The molecule has 2 aromatic rings. The third-order valence-corrected chi connectivity index (χ3v) is 1.92. The van der Waals surface area contributed by atoms with Crippen molar-refractivity contribution < 1.29 is 5.48 Å². The highest BCUT2D eigenvalue weighted by atomic mass is 35.5. The van der Waals surface area contributed by atoms with Crippen molar-refractivity contribution in [1.29, 1.82) is 0 Å². The van der Waals surface area contributed by atoms with Gasteiger partial charge in [-0.15, -0.1) is 0 Å². The fourth-order valence-electron chi connectivity index (χ4n) is 0.860. The fraction of sp³-hybridized carbons (Fsp3) is 0. The average molecular weight is 224 g/mol. The van der Waals surface area contributed by atoms with Gasteiger partial charge in [-0.1, -0.05) is 60.1 Å². The molecule has 0 aliphatic rings. The number of rotatable bonds is 0. The van der Waals surface area contributed by atoms with E-state index in [1.807, 2.05) is 48.5 Å². The molecule has 0 saturated carbocycles. The summed E-state index contributed by atoms with van der Waals surface area (Å²) in [4.78, 5) is 0. The first-order valence-corrected chi connectivity index (χ1v) is 4.68. The first kappa shape index (κ1) is 13.5. The molecular weight excluding hydrogens is 210 g/mol. The lowest BCUT2D eigenvalue weighted by Gasteiger charge is -1.91. The van der Waals surface area contributed by atoms with Gasteiger partial charge >= 0.3 is 0 Å². The lowest BCUT2D eigenvalue weighted by Crippen LogP contribution is -1.82.